The third-order valence-electron chi connectivity index (χ3n) is 3.10. The van der Waals surface area contributed by atoms with E-state index in [2.05, 4.69) is 39.4 Å². The normalized spacial score (nSPS) is 18.2. The van der Waals surface area contributed by atoms with Crippen molar-refractivity contribution in [1.29, 1.82) is 0 Å². The number of rotatable bonds is 5. The van der Waals surface area contributed by atoms with Gasteiger partial charge in [-0.15, -0.1) is 0 Å². The lowest BCUT2D eigenvalue weighted by atomic mass is 9.99. The minimum absolute atomic E-state index is 0.104. The topological polar surface area (TPSA) is 38.3 Å². The SMILES string of the molecule is O=C(CCCBr)NCC1Cc2ccccc2CO1. The number of hydrogen-bond acceptors (Lipinski definition) is 2. The third-order valence-corrected chi connectivity index (χ3v) is 3.67. The molecule has 1 atom stereocenters. The Labute approximate surface area is 116 Å². The summed E-state index contributed by atoms with van der Waals surface area (Å²) in [7, 11) is 0. The number of carbonyl (C=O) groups is 1. The van der Waals surface area contributed by atoms with Gasteiger partial charge in [-0.3, -0.25) is 4.79 Å². The van der Waals surface area contributed by atoms with Crippen molar-refractivity contribution in [1.82, 2.24) is 5.32 Å². The highest BCUT2D eigenvalue weighted by Crippen LogP contribution is 2.19. The van der Waals surface area contributed by atoms with E-state index in [-0.39, 0.29) is 12.0 Å². The fourth-order valence-electron chi connectivity index (χ4n) is 2.08. The molecule has 3 nitrogen and oxygen atoms in total. The molecule has 18 heavy (non-hydrogen) atoms. The summed E-state index contributed by atoms with van der Waals surface area (Å²) in [4.78, 5) is 11.5. The number of carbonyl (C=O) groups excluding carboxylic acids is 1. The molecule has 1 aromatic carbocycles. The van der Waals surface area contributed by atoms with E-state index < -0.39 is 0 Å². The van der Waals surface area contributed by atoms with Gasteiger partial charge in [0.25, 0.3) is 0 Å². The first kappa shape index (κ1) is 13.6. The number of hydrogen-bond donors (Lipinski definition) is 1. The van der Waals surface area contributed by atoms with Gasteiger partial charge in [-0.25, -0.2) is 0 Å². The Morgan fingerprint density at radius 3 is 2.94 bits per heavy atom. The largest absolute Gasteiger partial charge is 0.371 e. The van der Waals surface area contributed by atoms with Gasteiger partial charge in [-0.2, -0.15) is 0 Å². The van der Waals surface area contributed by atoms with Gasteiger partial charge < -0.3 is 10.1 Å². The maximum absolute atomic E-state index is 11.5. The van der Waals surface area contributed by atoms with E-state index in [1.54, 1.807) is 0 Å². The van der Waals surface area contributed by atoms with Gasteiger partial charge in [-0.1, -0.05) is 40.2 Å². The molecule has 1 N–H and O–H groups in total. The third kappa shape index (κ3) is 3.82. The summed E-state index contributed by atoms with van der Waals surface area (Å²) >= 11 is 3.32. The molecule has 0 aliphatic carbocycles. The Morgan fingerprint density at radius 2 is 2.17 bits per heavy atom. The Balaban J connectivity index is 1.78. The van der Waals surface area contributed by atoms with Crippen LogP contribution in [0, 0.1) is 0 Å². The molecule has 0 saturated heterocycles. The van der Waals surface area contributed by atoms with Crippen LogP contribution in [0.15, 0.2) is 24.3 Å². The van der Waals surface area contributed by atoms with Crippen molar-refractivity contribution >= 4 is 21.8 Å². The van der Waals surface area contributed by atoms with Crippen LogP contribution in [-0.4, -0.2) is 23.9 Å². The van der Waals surface area contributed by atoms with Crippen LogP contribution in [-0.2, 0) is 22.6 Å². The summed E-state index contributed by atoms with van der Waals surface area (Å²) in [6.07, 6.45) is 2.44. The quantitative estimate of drug-likeness (QED) is 0.848. The minimum Gasteiger partial charge on any atom is -0.371 e. The molecule has 4 heteroatoms. The Morgan fingerprint density at radius 1 is 1.39 bits per heavy atom. The molecule has 1 aromatic rings. The van der Waals surface area contributed by atoms with Crippen LogP contribution in [0.3, 0.4) is 0 Å². The molecule has 1 aliphatic heterocycles. The van der Waals surface area contributed by atoms with Crippen molar-refractivity contribution < 1.29 is 9.53 Å². The fraction of sp³-hybridized carbons (Fsp3) is 0.500. The molecule has 98 valence electrons. The van der Waals surface area contributed by atoms with Crippen LogP contribution in [0.25, 0.3) is 0 Å². The molecule has 0 bridgehead atoms. The summed E-state index contributed by atoms with van der Waals surface area (Å²) in [5.74, 6) is 0.108. The summed E-state index contributed by atoms with van der Waals surface area (Å²) in [6, 6.07) is 8.32. The van der Waals surface area contributed by atoms with Crippen LogP contribution in [0.1, 0.15) is 24.0 Å². The number of alkyl halides is 1. The van der Waals surface area contributed by atoms with Crippen LogP contribution < -0.4 is 5.32 Å². The first-order chi connectivity index (χ1) is 8.79. The first-order valence-corrected chi connectivity index (χ1v) is 7.43. The molecule has 1 heterocycles. The van der Waals surface area contributed by atoms with Gasteiger partial charge in [0, 0.05) is 24.7 Å². The smallest absolute Gasteiger partial charge is 0.220 e. The van der Waals surface area contributed by atoms with E-state index in [1.807, 2.05) is 6.07 Å². The van der Waals surface area contributed by atoms with Crippen molar-refractivity contribution in [2.24, 2.45) is 0 Å². The van der Waals surface area contributed by atoms with Gasteiger partial charge in [-0.05, 0) is 17.5 Å². The molecule has 0 radical (unpaired) electrons. The van der Waals surface area contributed by atoms with E-state index in [1.165, 1.54) is 11.1 Å². The van der Waals surface area contributed by atoms with Crippen molar-refractivity contribution in [3.63, 3.8) is 0 Å². The number of amides is 1. The molecular formula is C14H18BrNO2. The van der Waals surface area contributed by atoms with E-state index in [0.717, 1.165) is 18.2 Å². The van der Waals surface area contributed by atoms with Gasteiger partial charge in [0.15, 0.2) is 0 Å². The highest BCUT2D eigenvalue weighted by atomic mass is 79.9. The first-order valence-electron chi connectivity index (χ1n) is 6.30. The number of ether oxygens (including phenoxy) is 1. The highest BCUT2D eigenvalue weighted by molar-refractivity contribution is 9.09. The number of benzene rings is 1. The minimum atomic E-state index is 0.104. The van der Waals surface area contributed by atoms with Gasteiger partial charge in [0.1, 0.15) is 0 Å². The fourth-order valence-corrected chi connectivity index (χ4v) is 2.36. The molecule has 1 unspecified atom stereocenters. The highest BCUT2D eigenvalue weighted by Gasteiger charge is 2.18. The summed E-state index contributed by atoms with van der Waals surface area (Å²) < 4.78 is 5.74. The zero-order valence-electron chi connectivity index (χ0n) is 10.3. The molecule has 0 spiro atoms. The Hall–Kier alpha value is -0.870. The predicted molar refractivity (Wildman–Crippen MR) is 74.8 cm³/mol. The average molecular weight is 312 g/mol. The predicted octanol–water partition coefficient (Wildman–Crippen LogP) is 2.42. The van der Waals surface area contributed by atoms with Crippen LogP contribution in [0.2, 0.25) is 0 Å². The van der Waals surface area contributed by atoms with E-state index in [0.29, 0.717) is 19.6 Å². The van der Waals surface area contributed by atoms with Crippen LogP contribution in [0.5, 0.6) is 0 Å². The zero-order valence-corrected chi connectivity index (χ0v) is 11.9. The maximum Gasteiger partial charge on any atom is 0.220 e. The molecule has 0 aromatic heterocycles. The molecule has 1 aliphatic rings. The lowest BCUT2D eigenvalue weighted by Crippen LogP contribution is -2.36. The zero-order chi connectivity index (χ0) is 12.8. The van der Waals surface area contributed by atoms with Crippen molar-refractivity contribution in [3.8, 4) is 0 Å². The van der Waals surface area contributed by atoms with Crippen molar-refractivity contribution in [2.45, 2.75) is 32.0 Å². The Kier molecular flexibility index (Phi) is 5.20. The van der Waals surface area contributed by atoms with Crippen molar-refractivity contribution in [3.05, 3.63) is 35.4 Å². The second-order valence-electron chi connectivity index (χ2n) is 4.50. The standard InChI is InChI=1S/C14H18BrNO2/c15-7-3-6-14(17)16-9-13-8-11-4-1-2-5-12(11)10-18-13/h1-2,4-5,13H,3,6-10H2,(H,16,17). The van der Waals surface area contributed by atoms with Crippen LogP contribution in [0.4, 0.5) is 0 Å². The lowest BCUT2D eigenvalue weighted by Gasteiger charge is -2.25. The second kappa shape index (κ2) is 6.90. The molecule has 1 amide bonds. The summed E-state index contributed by atoms with van der Waals surface area (Å²) in [6.45, 7) is 1.26. The molecule has 0 saturated carbocycles. The monoisotopic (exact) mass is 311 g/mol. The molecular weight excluding hydrogens is 294 g/mol. The van der Waals surface area contributed by atoms with Crippen molar-refractivity contribution in [2.75, 3.05) is 11.9 Å². The second-order valence-corrected chi connectivity index (χ2v) is 5.30. The number of halogens is 1. The molecule has 2 rings (SSSR count). The van der Waals surface area contributed by atoms with Gasteiger partial charge in [0.2, 0.25) is 5.91 Å². The van der Waals surface area contributed by atoms with Crippen LogP contribution >= 0.6 is 15.9 Å². The van der Waals surface area contributed by atoms with Gasteiger partial charge in [0.05, 0.1) is 12.7 Å². The summed E-state index contributed by atoms with van der Waals surface area (Å²) in [5, 5.41) is 3.80. The van der Waals surface area contributed by atoms with E-state index >= 15 is 0 Å². The van der Waals surface area contributed by atoms with Gasteiger partial charge >= 0.3 is 0 Å². The number of fused-ring (bicyclic) bond motifs is 1. The lowest BCUT2D eigenvalue weighted by molar-refractivity contribution is -0.121. The maximum atomic E-state index is 11.5. The van der Waals surface area contributed by atoms with E-state index in [9.17, 15) is 4.79 Å². The summed E-state index contributed by atoms with van der Waals surface area (Å²) in [5.41, 5.74) is 2.60. The molecule has 0 fully saturated rings. The Bertz CT molecular complexity index is 409. The van der Waals surface area contributed by atoms with E-state index in [4.69, 9.17) is 4.74 Å². The average Bonchev–Trinajstić information content (AvgIpc) is 2.42. The number of nitrogens with one attached hydrogen (secondary N) is 1.